The van der Waals surface area contributed by atoms with Crippen LogP contribution >= 0.6 is 0 Å². The molecule has 10 heteroatoms. The fourth-order valence-electron chi connectivity index (χ4n) is 5.73. The Kier molecular flexibility index (Phi) is 9.20. The lowest BCUT2D eigenvalue weighted by atomic mass is 9.81. The highest BCUT2D eigenvalue weighted by Crippen LogP contribution is 2.43. The first-order valence-electron chi connectivity index (χ1n) is 13.9. The lowest BCUT2D eigenvalue weighted by molar-refractivity contribution is -0.133. The molecule has 1 aliphatic heterocycles. The zero-order valence-corrected chi connectivity index (χ0v) is 24.6. The first-order valence-corrected chi connectivity index (χ1v) is 15.3. The average molecular weight is 569 g/mol. The van der Waals surface area contributed by atoms with Gasteiger partial charge in [0.15, 0.2) is 6.61 Å². The molecule has 40 heavy (non-hydrogen) atoms. The number of benzene rings is 1. The summed E-state index contributed by atoms with van der Waals surface area (Å²) >= 11 is 0. The minimum Gasteiger partial charge on any atom is -0.483 e. The monoisotopic (exact) mass is 568 g/mol. The number of ether oxygens (including phenoxy) is 1. The van der Waals surface area contributed by atoms with Crippen molar-refractivity contribution in [2.45, 2.75) is 50.9 Å². The first-order chi connectivity index (χ1) is 19.1. The molecule has 2 aromatic rings. The van der Waals surface area contributed by atoms with Crippen molar-refractivity contribution in [3.05, 3.63) is 66.1 Å². The summed E-state index contributed by atoms with van der Waals surface area (Å²) in [6.45, 7) is 8.53. The second kappa shape index (κ2) is 12.4. The molecule has 1 fully saturated rings. The zero-order valence-electron chi connectivity index (χ0n) is 23.7. The SMILES string of the molecule is C=C/C1=C(\C=C)c2c(C3CCCCC3)c3ccc(cc3n2C)C(=O)NS(=O)(=O)N(C)CCCCN(C)C(=O)CO1. The Hall–Kier alpha value is -3.37. The van der Waals surface area contributed by atoms with Crippen molar-refractivity contribution in [1.29, 1.82) is 0 Å². The Morgan fingerprint density at radius 1 is 0.975 bits per heavy atom. The van der Waals surface area contributed by atoms with Crippen LogP contribution in [0, 0.1) is 0 Å². The van der Waals surface area contributed by atoms with Gasteiger partial charge in [0.1, 0.15) is 5.76 Å². The predicted octanol–water partition coefficient (Wildman–Crippen LogP) is 4.48. The van der Waals surface area contributed by atoms with Crippen molar-refractivity contribution in [1.82, 2.24) is 18.5 Å². The van der Waals surface area contributed by atoms with Gasteiger partial charge in [0, 0.05) is 56.3 Å². The van der Waals surface area contributed by atoms with E-state index in [0.717, 1.165) is 57.7 Å². The third kappa shape index (κ3) is 6.02. The zero-order chi connectivity index (χ0) is 29.0. The summed E-state index contributed by atoms with van der Waals surface area (Å²) in [6, 6.07) is 5.32. The van der Waals surface area contributed by atoms with Gasteiger partial charge >= 0.3 is 10.2 Å². The van der Waals surface area contributed by atoms with E-state index in [9.17, 15) is 18.0 Å². The summed E-state index contributed by atoms with van der Waals surface area (Å²) < 4.78 is 37.1. The number of allylic oxidation sites excluding steroid dienone is 3. The third-order valence-corrected chi connectivity index (χ3v) is 9.50. The first kappa shape index (κ1) is 29.6. The van der Waals surface area contributed by atoms with Crippen molar-refractivity contribution in [3.8, 4) is 0 Å². The van der Waals surface area contributed by atoms with Gasteiger partial charge in [-0.2, -0.15) is 12.7 Å². The molecule has 0 radical (unpaired) electrons. The topological polar surface area (TPSA) is 101 Å². The number of aryl methyl sites for hydroxylation is 1. The fraction of sp³-hybridized carbons (Fsp3) is 0.467. The number of nitrogens with one attached hydrogen (secondary N) is 1. The molecule has 0 atom stereocenters. The van der Waals surface area contributed by atoms with Gasteiger partial charge in [-0.1, -0.05) is 44.6 Å². The molecule has 1 N–H and O–H groups in total. The summed E-state index contributed by atoms with van der Waals surface area (Å²) in [7, 11) is 1.01. The molecule has 4 rings (SSSR count). The van der Waals surface area contributed by atoms with Crippen LogP contribution < -0.4 is 4.72 Å². The van der Waals surface area contributed by atoms with Crippen LogP contribution in [0.15, 0.2) is 49.3 Å². The van der Waals surface area contributed by atoms with Gasteiger partial charge in [0.25, 0.3) is 11.8 Å². The number of fused-ring (bicyclic) bond motifs is 2. The van der Waals surface area contributed by atoms with E-state index in [1.165, 1.54) is 13.5 Å². The number of nitrogens with zero attached hydrogens (tertiary/aromatic N) is 3. The van der Waals surface area contributed by atoms with Crippen LogP contribution in [0.25, 0.3) is 16.5 Å². The molecule has 1 saturated carbocycles. The molecule has 2 heterocycles. The normalized spacial score (nSPS) is 22.4. The number of carbonyl (C=O) groups is 2. The number of carbonyl (C=O) groups excluding carboxylic acids is 2. The highest BCUT2D eigenvalue weighted by Gasteiger charge is 2.28. The van der Waals surface area contributed by atoms with Crippen LogP contribution in [0.3, 0.4) is 0 Å². The Morgan fingerprint density at radius 2 is 1.68 bits per heavy atom. The van der Waals surface area contributed by atoms with Crippen molar-refractivity contribution in [2.75, 3.05) is 33.8 Å². The van der Waals surface area contributed by atoms with E-state index in [1.807, 2.05) is 17.7 Å². The highest BCUT2D eigenvalue weighted by molar-refractivity contribution is 7.87. The second-order valence-electron chi connectivity index (χ2n) is 10.6. The predicted molar refractivity (Wildman–Crippen MR) is 158 cm³/mol. The van der Waals surface area contributed by atoms with E-state index in [0.29, 0.717) is 31.1 Å². The van der Waals surface area contributed by atoms with E-state index in [2.05, 4.69) is 17.9 Å². The lowest BCUT2D eigenvalue weighted by Crippen LogP contribution is -2.42. The molecule has 1 aliphatic carbocycles. The molecule has 9 nitrogen and oxygen atoms in total. The number of likely N-dealkylation sites (N-methyl/N-ethyl adjacent to an activating group) is 1. The van der Waals surface area contributed by atoms with Crippen molar-refractivity contribution in [2.24, 2.45) is 7.05 Å². The van der Waals surface area contributed by atoms with Crippen LogP contribution in [-0.2, 0) is 26.8 Å². The van der Waals surface area contributed by atoms with Crippen LogP contribution in [-0.4, -0.2) is 67.8 Å². The summed E-state index contributed by atoms with van der Waals surface area (Å²) in [5, 5.41) is 0.994. The van der Waals surface area contributed by atoms with Crippen LogP contribution in [0.1, 0.15) is 72.5 Å². The number of hydrogen-bond acceptors (Lipinski definition) is 5. The minimum atomic E-state index is -4.04. The van der Waals surface area contributed by atoms with E-state index >= 15 is 0 Å². The summed E-state index contributed by atoms with van der Waals surface area (Å²) in [4.78, 5) is 27.6. The van der Waals surface area contributed by atoms with Gasteiger partial charge in [0.05, 0.1) is 5.69 Å². The maximum absolute atomic E-state index is 13.1. The number of aromatic nitrogens is 1. The molecule has 3 bridgehead atoms. The highest BCUT2D eigenvalue weighted by atomic mass is 32.2. The Morgan fingerprint density at radius 3 is 2.35 bits per heavy atom. The molecule has 0 spiro atoms. The lowest BCUT2D eigenvalue weighted by Gasteiger charge is -2.24. The maximum atomic E-state index is 13.1. The summed E-state index contributed by atoms with van der Waals surface area (Å²) in [6.07, 6.45) is 9.98. The Balaban J connectivity index is 1.92. The van der Waals surface area contributed by atoms with Gasteiger partial charge in [-0.15, -0.1) is 0 Å². The Labute approximate surface area is 237 Å². The third-order valence-electron chi connectivity index (χ3n) is 8.05. The van der Waals surface area contributed by atoms with E-state index in [1.54, 1.807) is 36.2 Å². The smallest absolute Gasteiger partial charge is 0.303 e. The van der Waals surface area contributed by atoms with Gasteiger partial charge in [-0.05, 0) is 55.4 Å². The van der Waals surface area contributed by atoms with E-state index in [-0.39, 0.29) is 24.6 Å². The van der Waals surface area contributed by atoms with Crippen molar-refractivity contribution in [3.63, 3.8) is 0 Å². The summed E-state index contributed by atoms with van der Waals surface area (Å²) in [5.74, 6) is -0.118. The number of hydrogen-bond donors (Lipinski definition) is 1. The van der Waals surface area contributed by atoms with Crippen molar-refractivity contribution >= 4 is 38.5 Å². The standard InChI is InChI=1S/C30H40N4O5S/c1-6-23-26(7-2)39-20-27(35)32(3)17-11-12-18-33(4)40(37,38)31-30(36)22-15-16-24-25(19-22)34(5)29(23)28(24)21-13-9-8-10-14-21/h6-7,15-16,19,21H,1-2,8-14,17-18,20H2,3-5H3,(H,31,36)/b26-23-. The van der Waals surface area contributed by atoms with Gasteiger partial charge in [-0.3, -0.25) is 9.59 Å². The van der Waals surface area contributed by atoms with Crippen LogP contribution in [0.4, 0.5) is 0 Å². The molecule has 0 unspecified atom stereocenters. The molecular weight excluding hydrogens is 528 g/mol. The van der Waals surface area contributed by atoms with Gasteiger partial charge < -0.3 is 14.2 Å². The molecule has 2 aliphatic rings. The second-order valence-corrected chi connectivity index (χ2v) is 12.4. The van der Waals surface area contributed by atoms with Gasteiger partial charge in [0.2, 0.25) is 0 Å². The molecule has 1 aromatic carbocycles. The average Bonchev–Trinajstić information content (AvgIpc) is 3.23. The van der Waals surface area contributed by atoms with E-state index in [4.69, 9.17) is 4.74 Å². The minimum absolute atomic E-state index is 0.158. The fourth-order valence-corrected chi connectivity index (χ4v) is 6.61. The molecule has 2 amide bonds. The number of amides is 2. The molecule has 0 saturated heterocycles. The number of rotatable bonds is 3. The van der Waals surface area contributed by atoms with E-state index < -0.39 is 16.1 Å². The maximum Gasteiger partial charge on any atom is 0.303 e. The molecule has 216 valence electrons. The van der Waals surface area contributed by atoms with Crippen LogP contribution in [0.5, 0.6) is 0 Å². The Bertz CT molecular complexity index is 1450. The molecular formula is C30H40N4O5S. The quantitative estimate of drug-likeness (QED) is 0.588. The van der Waals surface area contributed by atoms with Gasteiger partial charge in [-0.25, -0.2) is 4.72 Å². The molecule has 1 aromatic heterocycles. The van der Waals surface area contributed by atoms with Crippen LogP contribution in [0.2, 0.25) is 0 Å². The largest absolute Gasteiger partial charge is 0.483 e. The van der Waals surface area contributed by atoms with Crippen molar-refractivity contribution < 1.29 is 22.7 Å². The summed E-state index contributed by atoms with van der Waals surface area (Å²) in [5.41, 5.74) is 3.81.